The first-order chi connectivity index (χ1) is 9.54. The Morgan fingerprint density at radius 2 is 1.90 bits per heavy atom. The number of hydrogen-bond donors (Lipinski definition) is 1. The highest BCUT2D eigenvalue weighted by molar-refractivity contribution is 5.76. The van der Waals surface area contributed by atoms with E-state index in [0.717, 1.165) is 26.2 Å². The van der Waals surface area contributed by atoms with E-state index in [0.29, 0.717) is 12.5 Å². The Hall–Kier alpha value is -0.650. The average molecular weight is 284 g/mol. The van der Waals surface area contributed by atoms with Crippen molar-refractivity contribution in [2.45, 2.75) is 32.2 Å². The SMILES string of the molecule is CCNCCC(=O)N(C)CCN(C)C1CCN(C)CC1. The lowest BCUT2D eigenvalue weighted by Gasteiger charge is -2.35. The average Bonchev–Trinajstić information content (AvgIpc) is 2.45. The standard InChI is InChI=1S/C15H32N4O/c1-5-16-9-6-15(20)19(4)13-12-18(3)14-7-10-17(2)11-8-14/h14,16H,5-13H2,1-4H3. The third-order valence-electron chi connectivity index (χ3n) is 4.29. The fraction of sp³-hybridized carbons (Fsp3) is 0.933. The zero-order valence-corrected chi connectivity index (χ0v) is 13.7. The molecule has 0 bridgehead atoms. The van der Waals surface area contributed by atoms with Crippen molar-refractivity contribution in [1.82, 2.24) is 20.0 Å². The first-order valence-corrected chi connectivity index (χ1v) is 7.88. The zero-order chi connectivity index (χ0) is 15.0. The van der Waals surface area contributed by atoms with E-state index >= 15 is 0 Å². The highest BCUT2D eigenvalue weighted by Crippen LogP contribution is 2.13. The topological polar surface area (TPSA) is 38.8 Å². The molecule has 0 saturated carbocycles. The van der Waals surface area contributed by atoms with Crippen molar-refractivity contribution in [3.8, 4) is 0 Å². The minimum Gasteiger partial charge on any atom is -0.344 e. The molecule has 1 rings (SSSR count). The molecule has 5 nitrogen and oxygen atoms in total. The molecule has 20 heavy (non-hydrogen) atoms. The van der Waals surface area contributed by atoms with Gasteiger partial charge in [0.05, 0.1) is 0 Å². The fourth-order valence-corrected chi connectivity index (χ4v) is 2.61. The van der Waals surface area contributed by atoms with Gasteiger partial charge in [-0.25, -0.2) is 0 Å². The molecule has 1 aliphatic heterocycles. The summed E-state index contributed by atoms with van der Waals surface area (Å²) in [5, 5.41) is 3.19. The van der Waals surface area contributed by atoms with Crippen LogP contribution in [0.1, 0.15) is 26.2 Å². The van der Waals surface area contributed by atoms with Crippen LogP contribution in [0.15, 0.2) is 0 Å². The van der Waals surface area contributed by atoms with Crippen LogP contribution >= 0.6 is 0 Å². The van der Waals surface area contributed by atoms with E-state index in [2.05, 4.69) is 36.1 Å². The predicted molar refractivity (Wildman–Crippen MR) is 83.9 cm³/mol. The van der Waals surface area contributed by atoms with Gasteiger partial charge in [0, 0.05) is 39.1 Å². The molecule has 1 fully saturated rings. The molecule has 0 unspecified atom stereocenters. The third-order valence-corrected chi connectivity index (χ3v) is 4.29. The van der Waals surface area contributed by atoms with Crippen LogP contribution in [-0.2, 0) is 4.79 Å². The maximum atomic E-state index is 11.9. The maximum Gasteiger partial charge on any atom is 0.223 e. The lowest BCUT2D eigenvalue weighted by atomic mass is 10.0. The maximum absolute atomic E-state index is 11.9. The number of likely N-dealkylation sites (N-methyl/N-ethyl adjacent to an activating group) is 2. The predicted octanol–water partition coefficient (Wildman–Crippen LogP) is 0.470. The lowest BCUT2D eigenvalue weighted by Crippen LogP contribution is -2.44. The summed E-state index contributed by atoms with van der Waals surface area (Å²) >= 11 is 0. The smallest absolute Gasteiger partial charge is 0.223 e. The van der Waals surface area contributed by atoms with Crippen molar-refractivity contribution in [2.24, 2.45) is 0 Å². The number of nitrogens with one attached hydrogen (secondary N) is 1. The van der Waals surface area contributed by atoms with Crippen LogP contribution < -0.4 is 5.32 Å². The Balaban J connectivity index is 2.19. The number of carbonyl (C=O) groups excluding carboxylic acids is 1. The molecule has 1 saturated heterocycles. The van der Waals surface area contributed by atoms with E-state index < -0.39 is 0 Å². The molecule has 0 aromatic rings. The molecule has 5 heteroatoms. The summed E-state index contributed by atoms with van der Waals surface area (Å²) in [6.07, 6.45) is 3.08. The molecule has 1 amide bonds. The molecule has 118 valence electrons. The van der Waals surface area contributed by atoms with Gasteiger partial charge in [-0.2, -0.15) is 0 Å². The van der Waals surface area contributed by atoms with Crippen molar-refractivity contribution < 1.29 is 4.79 Å². The molecule has 0 aliphatic carbocycles. The van der Waals surface area contributed by atoms with E-state index in [1.807, 2.05) is 11.9 Å². The Labute approximate surface area is 124 Å². The van der Waals surface area contributed by atoms with Gasteiger partial charge in [-0.05, 0) is 46.6 Å². The minimum absolute atomic E-state index is 0.239. The number of nitrogens with zero attached hydrogens (tertiary/aromatic N) is 3. The Kier molecular flexibility index (Phi) is 8.11. The number of carbonyl (C=O) groups is 1. The second-order valence-corrected chi connectivity index (χ2v) is 5.93. The van der Waals surface area contributed by atoms with Gasteiger partial charge in [0.25, 0.3) is 0 Å². The number of hydrogen-bond acceptors (Lipinski definition) is 4. The van der Waals surface area contributed by atoms with Crippen LogP contribution in [0.5, 0.6) is 0 Å². The van der Waals surface area contributed by atoms with Crippen LogP contribution in [0, 0.1) is 0 Å². The van der Waals surface area contributed by atoms with Crippen molar-refractivity contribution in [3.63, 3.8) is 0 Å². The first kappa shape index (κ1) is 17.4. The molecule has 0 radical (unpaired) electrons. The largest absolute Gasteiger partial charge is 0.344 e. The Morgan fingerprint density at radius 1 is 1.25 bits per heavy atom. The molecule has 0 aromatic heterocycles. The van der Waals surface area contributed by atoms with E-state index in [1.165, 1.54) is 25.9 Å². The quantitative estimate of drug-likeness (QED) is 0.658. The Bertz CT molecular complexity index is 277. The summed E-state index contributed by atoms with van der Waals surface area (Å²) < 4.78 is 0. The summed E-state index contributed by atoms with van der Waals surface area (Å²) in [6, 6.07) is 0.677. The second-order valence-electron chi connectivity index (χ2n) is 5.93. The van der Waals surface area contributed by atoms with Crippen molar-refractivity contribution in [2.75, 3.05) is 60.4 Å². The molecule has 0 atom stereocenters. The van der Waals surface area contributed by atoms with Crippen LogP contribution in [0.2, 0.25) is 0 Å². The van der Waals surface area contributed by atoms with Gasteiger partial charge in [0.2, 0.25) is 5.91 Å². The summed E-state index contributed by atoms with van der Waals surface area (Å²) in [5.41, 5.74) is 0. The van der Waals surface area contributed by atoms with Crippen LogP contribution in [-0.4, -0.2) is 87.1 Å². The summed E-state index contributed by atoms with van der Waals surface area (Å²) in [6.45, 7) is 7.94. The number of likely N-dealkylation sites (tertiary alicyclic amines) is 1. The molecule has 1 aliphatic rings. The highest BCUT2D eigenvalue weighted by Gasteiger charge is 2.20. The fourth-order valence-electron chi connectivity index (χ4n) is 2.61. The normalized spacial score (nSPS) is 17.6. The van der Waals surface area contributed by atoms with E-state index in [4.69, 9.17) is 0 Å². The van der Waals surface area contributed by atoms with Gasteiger partial charge in [-0.15, -0.1) is 0 Å². The van der Waals surface area contributed by atoms with Crippen LogP contribution in [0.3, 0.4) is 0 Å². The first-order valence-electron chi connectivity index (χ1n) is 7.88. The number of amides is 1. The van der Waals surface area contributed by atoms with Gasteiger partial charge in [0.15, 0.2) is 0 Å². The lowest BCUT2D eigenvalue weighted by molar-refractivity contribution is -0.130. The van der Waals surface area contributed by atoms with Crippen molar-refractivity contribution >= 4 is 5.91 Å². The molecular formula is C15H32N4O. The van der Waals surface area contributed by atoms with Crippen molar-refractivity contribution in [1.29, 1.82) is 0 Å². The Morgan fingerprint density at radius 3 is 2.50 bits per heavy atom. The third kappa shape index (κ3) is 6.20. The van der Waals surface area contributed by atoms with E-state index in [1.54, 1.807) is 0 Å². The van der Waals surface area contributed by atoms with Crippen LogP contribution in [0.4, 0.5) is 0 Å². The van der Waals surface area contributed by atoms with Crippen molar-refractivity contribution in [3.05, 3.63) is 0 Å². The number of rotatable bonds is 8. The van der Waals surface area contributed by atoms with Gasteiger partial charge in [-0.1, -0.05) is 6.92 Å². The van der Waals surface area contributed by atoms with Gasteiger partial charge in [0.1, 0.15) is 0 Å². The summed E-state index contributed by atoms with van der Waals surface area (Å²) in [5.74, 6) is 0.239. The summed E-state index contributed by atoms with van der Waals surface area (Å²) in [7, 11) is 6.29. The van der Waals surface area contributed by atoms with Crippen LogP contribution in [0.25, 0.3) is 0 Å². The monoisotopic (exact) mass is 284 g/mol. The molecule has 1 N–H and O–H groups in total. The minimum atomic E-state index is 0.239. The van der Waals surface area contributed by atoms with E-state index in [-0.39, 0.29) is 5.91 Å². The number of piperidine rings is 1. The molecular weight excluding hydrogens is 252 g/mol. The summed E-state index contributed by atoms with van der Waals surface area (Å²) in [4.78, 5) is 18.6. The van der Waals surface area contributed by atoms with E-state index in [9.17, 15) is 4.79 Å². The van der Waals surface area contributed by atoms with Gasteiger partial charge < -0.3 is 20.0 Å². The highest BCUT2D eigenvalue weighted by atomic mass is 16.2. The van der Waals surface area contributed by atoms with Gasteiger partial charge in [-0.3, -0.25) is 4.79 Å². The zero-order valence-electron chi connectivity index (χ0n) is 13.7. The molecule has 1 heterocycles. The van der Waals surface area contributed by atoms with Gasteiger partial charge >= 0.3 is 0 Å². The molecule has 0 aromatic carbocycles. The second kappa shape index (κ2) is 9.32. The molecule has 0 spiro atoms.